The van der Waals surface area contributed by atoms with Gasteiger partial charge in [-0.05, 0) is 39.2 Å². The van der Waals surface area contributed by atoms with Crippen LogP contribution in [0, 0.1) is 0 Å². The lowest BCUT2D eigenvalue weighted by Crippen LogP contribution is -2.51. The molecule has 0 bridgehead atoms. The first kappa shape index (κ1) is 13.9. The van der Waals surface area contributed by atoms with Crippen LogP contribution in [0.15, 0.2) is 0 Å². The Labute approximate surface area is 99.9 Å². The number of ether oxygens (including phenoxy) is 2. The fourth-order valence-corrected chi connectivity index (χ4v) is 2.19. The molecule has 2 unspecified atom stereocenters. The second kappa shape index (κ2) is 7.25. The molecule has 0 aromatic rings. The van der Waals surface area contributed by atoms with Gasteiger partial charge in [0.1, 0.15) is 0 Å². The lowest BCUT2D eigenvalue weighted by molar-refractivity contribution is -0.0392. The van der Waals surface area contributed by atoms with Crippen molar-refractivity contribution >= 4 is 0 Å². The van der Waals surface area contributed by atoms with E-state index in [0.717, 1.165) is 45.6 Å². The van der Waals surface area contributed by atoms with Gasteiger partial charge in [0, 0.05) is 13.2 Å². The third-order valence-corrected chi connectivity index (χ3v) is 3.26. The molecule has 2 atom stereocenters. The van der Waals surface area contributed by atoms with E-state index in [1.807, 2.05) is 0 Å². The summed E-state index contributed by atoms with van der Waals surface area (Å²) in [5.41, 5.74) is -0.0249. The van der Waals surface area contributed by atoms with E-state index in [2.05, 4.69) is 26.1 Å². The van der Waals surface area contributed by atoms with Gasteiger partial charge in [-0.2, -0.15) is 0 Å². The average Bonchev–Trinajstić information content (AvgIpc) is 2.71. The third kappa shape index (κ3) is 4.04. The van der Waals surface area contributed by atoms with E-state index < -0.39 is 0 Å². The van der Waals surface area contributed by atoms with E-state index in [9.17, 15) is 0 Å². The molecule has 0 aromatic heterocycles. The summed E-state index contributed by atoms with van der Waals surface area (Å²) in [4.78, 5) is 0. The van der Waals surface area contributed by atoms with Gasteiger partial charge in [-0.25, -0.2) is 0 Å². The summed E-state index contributed by atoms with van der Waals surface area (Å²) >= 11 is 0. The third-order valence-electron chi connectivity index (χ3n) is 3.26. The predicted octanol–water partition coefficient (Wildman–Crippen LogP) is 2.35. The Hall–Kier alpha value is -0.120. The highest BCUT2D eigenvalue weighted by atomic mass is 16.5. The molecule has 0 amide bonds. The molecule has 0 spiro atoms. The van der Waals surface area contributed by atoms with Crippen LogP contribution < -0.4 is 5.32 Å². The van der Waals surface area contributed by atoms with Crippen LogP contribution in [0.5, 0.6) is 0 Å². The number of rotatable bonds is 8. The standard InChI is InChI=1S/C13H27NO2/c1-4-8-14-12(11-15-9-5-2)13(3)7-6-10-16-13/h12,14H,4-11H2,1-3H3. The van der Waals surface area contributed by atoms with Crippen molar-refractivity contribution in [2.24, 2.45) is 0 Å². The maximum atomic E-state index is 5.89. The van der Waals surface area contributed by atoms with Crippen molar-refractivity contribution in [3.05, 3.63) is 0 Å². The van der Waals surface area contributed by atoms with Crippen molar-refractivity contribution in [3.63, 3.8) is 0 Å². The van der Waals surface area contributed by atoms with Gasteiger partial charge >= 0.3 is 0 Å². The van der Waals surface area contributed by atoms with Gasteiger partial charge in [0.25, 0.3) is 0 Å². The van der Waals surface area contributed by atoms with Gasteiger partial charge in [0.15, 0.2) is 0 Å². The Morgan fingerprint density at radius 2 is 2.19 bits per heavy atom. The van der Waals surface area contributed by atoms with E-state index in [4.69, 9.17) is 9.47 Å². The van der Waals surface area contributed by atoms with Crippen LogP contribution in [0.4, 0.5) is 0 Å². The van der Waals surface area contributed by atoms with Gasteiger partial charge in [0.2, 0.25) is 0 Å². The highest BCUT2D eigenvalue weighted by Crippen LogP contribution is 2.28. The summed E-state index contributed by atoms with van der Waals surface area (Å²) < 4.78 is 11.6. The first-order valence-electron chi connectivity index (χ1n) is 6.68. The minimum absolute atomic E-state index is 0.0249. The Kier molecular flexibility index (Phi) is 6.32. The van der Waals surface area contributed by atoms with Gasteiger partial charge in [-0.1, -0.05) is 13.8 Å². The summed E-state index contributed by atoms with van der Waals surface area (Å²) in [6.45, 7) is 10.1. The normalized spacial score (nSPS) is 27.2. The van der Waals surface area contributed by atoms with Gasteiger partial charge in [-0.3, -0.25) is 0 Å². The lowest BCUT2D eigenvalue weighted by Gasteiger charge is -2.34. The van der Waals surface area contributed by atoms with Crippen LogP contribution in [0.2, 0.25) is 0 Å². The molecule has 96 valence electrons. The highest BCUT2D eigenvalue weighted by Gasteiger charge is 2.38. The molecule has 16 heavy (non-hydrogen) atoms. The fourth-order valence-electron chi connectivity index (χ4n) is 2.19. The largest absolute Gasteiger partial charge is 0.380 e. The summed E-state index contributed by atoms with van der Waals surface area (Å²) in [5, 5.41) is 3.56. The topological polar surface area (TPSA) is 30.5 Å². The highest BCUT2D eigenvalue weighted by molar-refractivity contribution is 4.92. The van der Waals surface area contributed by atoms with Crippen LogP contribution in [-0.4, -0.2) is 38.0 Å². The molecule has 1 heterocycles. The molecule has 1 fully saturated rings. The molecule has 1 rings (SSSR count). The number of hydrogen-bond acceptors (Lipinski definition) is 3. The Bertz CT molecular complexity index is 179. The summed E-state index contributed by atoms with van der Waals surface area (Å²) in [5.74, 6) is 0. The van der Waals surface area contributed by atoms with Crippen molar-refractivity contribution < 1.29 is 9.47 Å². The summed E-state index contributed by atoms with van der Waals surface area (Å²) in [6.07, 6.45) is 4.55. The molecule has 3 nitrogen and oxygen atoms in total. The molecule has 1 aliphatic heterocycles. The molecule has 0 aliphatic carbocycles. The molecule has 0 radical (unpaired) electrons. The van der Waals surface area contributed by atoms with E-state index in [0.29, 0.717) is 6.04 Å². The van der Waals surface area contributed by atoms with Crippen LogP contribution in [0.25, 0.3) is 0 Å². The van der Waals surface area contributed by atoms with Crippen LogP contribution >= 0.6 is 0 Å². The minimum atomic E-state index is -0.0249. The maximum Gasteiger partial charge on any atom is 0.0830 e. The quantitative estimate of drug-likeness (QED) is 0.648. The lowest BCUT2D eigenvalue weighted by atomic mass is 9.93. The van der Waals surface area contributed by atoms with Crippen molar-refractivity contribution in [2.75, 3.05) is 26.4 Å². The van der Waals surface area contributed by atoms with E-state index >= 15 is 0 Å². The van der Waals surface area contributed by atoms with Crippen LogP contribution in [-0.2, 0) is 9.47 Å². The van der Waals surface area contributed by atoms with Gasteiger partial charge in [-0.15, -0.1) is 0 Å². The zero-order valence-electron chi connectivity index (χ0n) is 11.1. The Morgan fingerprint density at radius 1 is 1.38 bits per heavy atom. The monoisotopic (exact) mass is 229 g/mol. The van der Waals surface area contributed by atoms with Crippen LogP contribution in [0.1, 0.15) is 46.5 Å². The summed E-state index contributed by atoms with van der Waals surface area (Å²) in [6, 6.07) is 0.335. The predicted molar refractivity (Wildman–Crippen MR) is 66.8 cm³/mol. The Morgan fingerprint density at radius 3 is 2.75 bits per heavy atom. The van der Waals surface area contributed by atoms with Crippen molar-refractivity contribution in [3.8, 4) is 0 Å². The van der Waals surface area contributed by atoms with E-state index in [-0.39, 0.29) is 5.60 Å². The molecule has 1 saturated heterocycles. The minimum Gasteiger partial charge on any atom is -0.380 e. The van der Waals surface area contributed by atoms with Crippen molar-refractivity contribution in [2.45, 2.75) is 58.1 Å². The van der Waals surface area contributed by atoms with Gasteiger partial charge < -0.3 is 14.8 Å². The first-order valence-corrected chi connectivity index (χ1v) is 6.68. The summed E-state index contributed by atoms with van der Waals surface area (Å²) in [7, 11) is 0. The maximum absolute atomic E-state index is 5.89. The average molecular weight is 229 g/mol. The number of nitrogens with one attached hydrogen (secondary N) is 1. The van der Waals surface area contributed by atoms with Crippen molar-refractivity contribution in [1.82, 2.24) is 5.32 Å². The molecule has 3 heteroatoms. The molecule has 1 N–H and O–H groups in total. The van der Waals surface area contributed by atoms with Crippen LogP contribution in [0.3, 0.4) is 0 Å². The first-order chi connectivity index (χ1) is 7.73. The van der Waals surface area contributed by atoms with E-state index in [1.165, 1.54) is 6.42 Å². The molecular formula is C13H27NO2. The smallest absolute Gasteiger partial charge is 0.0830 e. The fraction of sp³-hybridized carbons (Fsp3) is 1.00. The second-order valence-electron chi connectivity index (χ2n) is 4.85. The molecule has 0 aromatic carbocycles. The SMILES string of the molecule is CCCNC(COCCC)C1(C)CCCO1. The zero-order valence-corrected chi connectivity index (χ0v) is 11.1. The second-order valence-corrected chi connectivity index (χ2v) is 4.85. The Balaban J connectivity index is 2.41. The number of hydrogen-bond donors (Lipinski definition) is 1. The molecule has 1 aliphatic rings. The molecule has 0 saturated carbocycles. The van der Waals surface area contributed by atoms with Gasteiger partial charge in [0.05, 0.1) is 18.2 Å². The molecular weight excluding hydrogens is 202 g/mol. The van der Waals surface area contributed by atoms with Crippen molar-refractivity contribution in [1.29, 1.82) is 0 Å². The van der Waals surface area contributed by atoms with E-state index in [1.54, 1.807) is 0 Å². The zero-order chi connectivity index (χ0) is 11.9.